The van der Waals surface area contributed by atoms with Crippen LogP contribution in [0.2, 0.25) is 0 Å². The van der Waals surface area contributed by atoms with E-state index in [0.29, 0.717) is 18.9 Å². The zero-order valence-electron chi connectivity index (χ0n) is 20.1. The molecule has 176 valence electrons. The van der Waals surface area contributed by atoms with E-state index in [2.05, 4.69) is 35.3 Å². The average molecular weight is 460 g/mol. The molecule has 0 unspecified atom stereocenters. The molecule has 0 aliphatic carbocycles. The monoisotopic (exact) mass is 459 g/mol. The van der Waals surface area contributed by atoms with E-state index < -0.39 is 0 Å². The lowest BCUT2D eigenvalue weighted by atomic mass is 10.3. The normalized spacial score (nSPS) is 9.97. The molecule has 1 heterocycles. The molecule has 0 aliphatic rings. The molecule has 0 atom stereocenters. The van der Waals surface area contributed by atoms with E-state index in [1.54, 1.807) is 47.2 Å². The summed E-state index contributed by atoms with van der Waals surface area (Å²) in [7, 11) is 7.50. The first-order chi connectivity index (χ1) is 15.4. The van der Waals surface area contributed by atoms with Crippen LogP contribution in [0.15, 0.2) is 66.0 Å². The number of anilines is 1. The molecule has 1 aromatic heterocycles. The standard InChI is InChI=1S/C19H27N7OS.C2H6.C2H4/c1-21-8-9-26(14-15-11-23-25(4)13-15)19(20)12-22-16-6-7-18(28-24(2)3)17(10-16)27-5;2*1-2/h6-11,13,20,22H,1,12,14H2,2-5H3;1-2H3;1-2H2/b9-8-,20-19?;;. The lowest BCUT2D eigenvalue weighted by molar-refractivity contribution is 0.404. The molecule has 2 aromatic rings. The molecule has 0 aliphatic heterocycles. The first kappa shape index (κ1) is 29.0. The number of nitrogens with zero attached hydrogens (tertiary/aromatic N) is 5. The van der Waals surface area contributed by atoms with Crippen molar-refractivity contribution in [2.24, 2.45) is 12.0 Å². The van der Waals surface area contributed by atoms with Crippen molar-refractivity contribution in [1.82, 2.24) is 19.0 Å². The Morgan fingerprint density at radius 1 is 1.34 bits per heavy atom. The smallest absolute Gasteiger partial charge is 0.135 e. The van der Waals surface area contributed by atoms with Crippen LogP contribution in [-0.4, -0.2) is 59.3 Å². The topological polar surface area (TPSA) is 81.8 Å². The Kier molecular flexibility index (Phi) is 15.0. The van der Waals surface area contributed by atoms with E-state index in [0.717, 1.165) is 21.9 Å². The highest BCUT2D eigenvalue weighted by molar-refractivity contribution is 7.97. The Bertz CT molecular complexity index is 849. The number of hydrogen-bond donors (Lipinski definition) is 2. The third-order valence-electron chi connectivity index (χ3n) is 3.71. The summed E-state index contributed by atoms with van der Waals surface area (Å²) in [6, 6.07) is 5.92. The molecule has 0 radical (unpaired) electrons. The molecule has 9 heteroatoms. The number of amidine groups is 1. The Morgan fingerprint density at radius 2 is 2.03 bits per heavy atom. The predicted molar refractivity (Wildman–Crippen MR) is 139 cm³/mol. The number of nitrogens with one attached hydrogen (secondary N) is 2. The summed E-state index contributed by atoms with van der Waals surface area (Å²) in [6.07, 6.45) is 7.02. The van der Waals surface area contributed by atoms with Gasteiger partial charge in [-0.15, -0.1) is 13.2 Å². The fraction of sp³-hybridized carbons (Fsp3) is 0.348. The van der Waals surface area contributed by atoms with E-state index in [9.17, 15) is 0 Å². The van der Waals surface area contributed by atoms with Gasteiger partial charge in [-0.1, -0.05) is 13.8 Å². The molecule has 8 nitrogen and oxygen atoms in total. The number of methoxy groups -OCH3 is 1. The molecule has 32 heavy (non-hydrogen) atoms. The molecular formula is C23H37N7OS. The van der Waals surface area contributed by atoms with Crippen molar-refractivity contribution in [2.75, 3.05) is 33.1 Å². The zero-order chi connectivity index (χ0) is 24.5. The van der Waals surface area contributed by atoms with Crippen molar-refractivity contribution in [2.45, 2.75) is 25.3 Å². The van der Waals surface area contributed by atoms with Crippen LogP contribution >= 0.6 is 11.9 Å². The fourth-order valence-corrected chi connectivity index (χ4v) is 3.21. The van der Waals surface area contributed by atoms with Crippen LogP contribution in [0.25, 0.3) is 0 Å². The van der Waals surface area contributed by atoms with Gasteiger partial charge in [-0.25, -0.2) is 0 Å². The quantitative estimate of drug-likeness (QED) is 0.228. The maximum Gasteiger partial charge on any atom is 0.135 e. The fourth-order valence-electron chi connectivity index (χ4n) is 2.45. The Labute approximate surface area is 197 Å². The molecule has 0 fully saturated rings. The minimum atomic E-state index is 0.352. The molecule has 0 bridgehead atoms. The van der Waals surface area contributed by atoms with Crippen LogP contribution in [0.1, 0.15) is 19.4 Å². The summed E-state index contributed by atoms with van der Waals surface area (Å²) in [6.45, 7) is 14.3. The summed E-state index contributed by atoms with van der Waals surface area (Å²) in [4.78, 5) is 6.58. The number of benzene rings is 1. The number of aromatic nitrogens is 2. The Morgan fingerprint density at radius 3 is 2.56 bits per heavy atom. The van der Waals surface area contributed by atoms with Crippen molar-refractivity contribution >= 4 is 30.2 Å². The van der Waals surface area contributed by atoms with Gasteiger partial charge in [0.2, 0.25) is 0 Å². The largest absolute Gasteiger partial charge is 0.495 e. The average Bonchev–Trinajstić information content (AvgIpc) is 3.22. The minimum absolute atomic E-state index is 0.352. The maximum atomic E-state index is 8.44. The maximum absolute atomic E-state index is 8.44. The molecule has 0 saturated heterocycles. The van der Waals surface area contributed by atoms with E-state index in [4.69, 9.17) is 10.1 Å². The van der Waals surface area contributed by atoms with Gasteiger partial charge in [0.05, 0.1) is 31.3 Å². The highest BCUT2D eigenvalue weighted by Gasteiger charge is 2.11. The van der Waals surface area contributed by atoms with Gasteiger partial charge in [-0.3, -0.25) is 19.4 Å². The van der Waals surface area contributed by atoms with Crippen LogP contribution < -0.4 is 10.1 Å². The number of ether oxygens (including phenoxy) is 1. The molecule has 0 amide bonds. The predicted octanol–water partition coefficient (Wildman–Crippen LogP) is 4.89. The second-order valence-corrected chi connectivity index (χ2v) is 7.55. The number of aryl methyl sites for hydroxylation is 1. The molecule has 2 N–H and O–H groups in total. The van der Waals surface area contributed by atoms with Gasteiger partial charge >= 0.3 is 0 Å². The third-order valence-corrected chi connectivity index (χ3v) is 4.61. The van der Waals surface area contributed by atoms with Crippen LogP contribution in [0.4, 0.5) is 5.69 Å². The lowest BCUT2D eigenvalue weighted by Gasteiger charge is -2.21. The van der Waals surface area contributed by atoms with Crippen LogP contribution in [0.5, 0.6) is 5.75 Å². The highest BCUT2D eigenvalue weighted by atomic mass is 32.2. The van der Waals surface area contributed by atoms with E-state index in [-0.39, 0.29) is 0 Å². The molecule has 0 spiro atoms. The van der Waals surface area contributed by atoms with Crippen LogP contribution in [-0.2, 0) is 13.6 Å². The summed E-state index contributed by atoms with van der Waals surface area (Å²) in [5.41, 5.74) is 1.89. The highest BCUT2D eigenvalue weighted by Crippen LogP contribution is 2.32. The van der Waals surface area contributed by atoms with Gasteiger partial charge < -0.3 is 15.0 Å². The second kappa shape index (κ2) is 16.6. The molecule has 0 saturated carbocycles. The van der Waals surface area contributed by atoms with E-state index in [1.165, 1.54) is 0 Å². The summed E-state index contributed by atoms with van der Waals surface area (Å²) in [5.74, 6) is 1.19. The van der Waals surface area contributed by atoms with Gasteiger partial charge in [0.15, 0.2) is 0 Å². The molecular weight excluding hydrogens is 422 g/mol. The van der Waals surface area contributed by atoms with Crippen LogP contribution in [0, 0.1) is 5.41 Å². The van der Waals surface area contributed by atoms with Crippen molar-refractivity contribution in [3.63, 3.8) is 0 Å². The van der Waals surface area contributed by atoms with Crippen LogP contribution in [0.3, 0.4) is 0 Å². The number of hydrogen-bond acceptors (Lipinski definition) is 7. The Hall–Kier alpha value is -3.04. The van der Waals surface area contributed by atoms with Gasteiger partial charge in [-0.05, 0) is 44.9 Å². The second-order valence-electron chi connectivity index (χ2n) is 6.20. The lowest BCUT2D eigenvalue weighted by Crippen LogP contribution is -2.30. The van der Waals surface area contributed by atoms with E-state index in [1.807, 2.05) is 63.7 Å². The molecule has 1 aromatic carbocycles. The SMILES string of the molecule is C=C.C=N/C=C\N(Cc1cnn(C)c1)C(=N)CNc1ccc(SN(C)C)c(OC)c1.CC. The minimum Gasteiger partial charge on any atom is -0.495 e. The first-order valence-corrected chi connectivity index (χ1v) is 10.9. The van der Waals surface area contributed by atoms with Gasteiger partial charge in [-0.2, -0.15) is 5.10 Å². The van der Waals surface area contributed by atoms with Crippen molar-refractivity contribution < 1.29 is 4.74 Å². The van der Waals surface area contributed by atoms with Gasteiger partial charge in [0.25, 0.3) is 0 Å². The zero-order valence-corrected chi connectivity index (χ0v) is 20.9. The van der Waals surface area contributed by atoms with Gasteiger partial charge in [0, 0.05) is 43.0 Å². The van der Waals surface area contributed by atoms with Gasteiger partial charge in [0.1, 0.15) is 11.6 Å². The summed E-state index contributed by atoms with van der Waals surface area (Å²) < 4.78 is 9.24. The third kappa shape index (κ3) is 10.3. The molecule has 2 rings (SSSR count). The van der Waals surface area contributed by atoms with Crippen molar-refractivity contribution in [3.8, 4) is 5.75 Å². The summed E-state index contributed by atoms with van der Waals surface area (Å²) in [5, 5.41) is 15.9. The first-order valence-electron chi connectivity index (χ1n) is 10.1. The number of rotatable bonds is 10. The summed E-state index contributed by atoms with van der Waals surface area (Å²) >= 11 is 1.60. The Balaban J connectivity index is 0.00000227. The van der Waals surface area contributed by atoms with Crippen molar-refractivity contribution in [1.29, 1.82) is 5.41 Å². The van der Waals surface area contributed by atoms with Crippen molar-refractivity contribution in [3.05, 3.63) is 61.7 Å². The number of aliphatic imine (C=N–C) groups is 1. The van der Waals surface area contributed by atoms with E-state index >= 15 is 0 Å².